The summed E-state index contributed by atoms with van der Waals surface area (Å²) in [5.74, 6) is 0.586. The van der Waals surface area contributed by atoms with Crippen molar-refractivity contribution in [2.24, 2.45) is 0 Å². The lowest BCUT2D eigenvalue weighted by molar-refractivity contribution is 0.265. The molecular weight excluding hydrogens is 307 g/mol. The fourth-order valence-electron chi connectivity index (χ4n) is 3.00. The molecule has 0 bridgehead atoms. The van der Waals surface area contributed by atoms with Crippen LogP contribution in [-0.2, 0) is 6.54 Å². The van der Waals surface area contributed by atoms with Crippen LogP contribution in [0.4, 0.5) is 4.39 Å². The minimum atomic E-state index is -0.304. The predicted molar refractivity (Wildman–Crippen MR) is 89.9 cm³/mol. The first kappa shape index (κ1) is 14.9. The van der Waals surface area contributed by atoms with Gasteiger partial charge in [0.25, 0.3) is 0 Å². The smallest absolute Gasteiger partial charge is 0.209 e. The Morgan fingerprint density at radius 3 is 2.75 bits per heavy atom. The minimum Gasteiger partial charge on any atom is -0.508 e. The summed E-state index contributed by atoms with van der Waals surface area (Å²) in [7, 11) is 0. The lowest BCUT2D eigenvalue weighted by Crippen LogP contribution is -2.28. The Hall–Kier alpha value is -2.66. The van der Waals surface area contributed by atoms with Crippen LogP contribution in [0.3, 0.4) is 0 Å². The van der Waals surface area contributed by atoms with Crippen LogP contribution in [0.5, 0.6) is 5.75 Å². The molecule has 0 spiro atoms. The molecular formula is C19H17FN2O2. The number of halogens is 1. The third-order valence-corrected chi connectivity index (χ3v) is 4.28. The van der Waals surface area contributed by atoms with E-state index < -0.39 is 0 Å². The van der Waals surface area contributed by atoms with Crippen molar-refractivity contribution in [3.05, 3.63) is 65.8 Å². The molecule has 0 fully saturated rings. The molecule has 0 atom stereocenters. The van der Waals surface area contributed by atoms with Gasteiger partial charge in [0.15, 0.2) is 5.58 Å². The van der Waals surface area contributed by atoms with Crippen molar-refractivity contribution in [2.75, 3.05) is 13.1 Å². The average molecular weight is 324 g/mol. The molecule has 4 nitrogen and oxygen atoms in total. The van der Waals surface area contributed by atoms with Gasteiger partial charge in [-0.15, -0.1) is 0 Å². The number of aromatic nitrogens is 1. The van der Waals surface area contributed by atoms with Gasteiger partial charge in [-0.3, -0.25) is 4.90 Å². The molecule has 2 aromatic carbocycles. The van der Waals surface area contributed by atoms with E-state index in [9.17, 15) is 9.50 Å². The lowest BCUT2D eigenvalue weighted by Gasteiger charge is -2.25. The Kier molecular flexibility index (Phi) is 3.78. The van der Waals surface area contributed by atoms with Gasteiger partial charge in [-0.1, -0.05) is 18.2 Å². The molecule has 122 valence electrons. The summed E-state index contributed by atoms with van der Waals surface area (Å²) in [5, 5.41) is 9.37. The summed E-state index contributed by atoms with van der Waals surface area (Å²) in [5.41, 5.74) is 3.60. The van der Waals surface area contributed by atoms with Crippen LogP contribution >= 0.6 is 0 Å². The number of rotatable bonds is 3. The first-order valence-corrected chi connectivity index (χ1v) is 7.93. The van der Waals surface area contributed by atoms with Gasteiger partial charge in [-0.2, -0.15) is 0 Å². The van der Waals surface area contributed by atoms with Crippen LogP contribution < -0.4 is 0 Å². The highest BCUT2D eigenvalue weighted by atomic mass is 19.1. The number of aromatic hydroxyl groups is 1. The number of hydrogen-bond acceptors (Lipinski definition) is 4. The maximum absolute atomic E-state index is 13.2. The molecule has 0 saturated heterocycles. The minimum absolute atomic E-state index is 0.282. The van der Waals surface area contributed by atoms with Crippen molar-refractivity contribution in [1.29, 1.82) is 0 Å². The summed E-state index contributed by atoms with van der Waals surface area (Å²) in [6.45, 7) is 2.32. The number of oxazole rings is 1. The maximum atomic E-state index is 13.2. The molecule has 1 aliphatic rings. The monoisotopic (exact) mass is 324 g/mol. The number of phenolic OH excluding ortho intramolecular Hbond substituents is 1. The van der Waals surface area contributed by atoms with Crippen molar-refractivity contribution in [2.45, 2.75) is 13.0 Å². The Balaban J connectivity index is 1.45. The lowest BCUT2D eigenvalue weighted by atomic mass is 9.99. The molecule has 0 radical (unpaired) electrons. The van der Waals surface area contributed by atoms with E-state index in [1.54, 1.807) is 18.2 Å². The number of hydrogen-bond donors (Lipinski definition) is 1. The molecule has 0 unspecified atom stereocenters. The predicted octanol–water partition coefficient (Wildman–Crippen LogP) is 3.96. The largest absolute Gasteiger partial charge is 0.508 e. The van der Waals surface area contributed by atoms with Gasteiger partial charge in [0.2, 0.25) is 5.89 Å². The van der Waals surface area contributed by atoms with E-state index in [4.69, 9.17) is 4.42 Å². The van der Waals surface area contributed by atoms with Crippen LogP contribution in [-0.4, -0.2) is 28.1 Å². The van der Waals surface area contributed by atoms with Crippen molar-refractivity contribution in [3.8, 4) is 5.75 Å². The van der Waals surface area contributed by atoms with Gasteiger partial charge in [0.1, 0.15) is 17.1 Å². The molecule has 1 aliphatic heterocycles. The van der Waals surface area contributed by atoms with Gasteiger partial charge < -0.3 is 9.52 Å². The van der Waals surface area contributed by atoms with Crippen molar-refractivity contribution in [1.82, 2.24) is 9.88 Å². The van der Waals surface area contributed by atoms with Gasteiger partial charge in [-0.25, -0.2) is 9.37 Å². The third-order valence-electron chi connectivity index (χ3n) is 4.28. The van der Waals surface area contributed by atoms with Crippen LogP contribution in [0.15, 0.2) is 53.0 Å². The van der Waals surface area contributed by atoms with Gasteiger partial charge in [0, 0.05) is 19.2 Å². The Morgan fingerprint density at radius 1 is 1.17 bits per heavy atom. The summed E-state index contributed by atoms with van der Waals surface area (Å²) in [6.07, 6.45) is 3.12. The number of fused-ring (bicyclic) bond motifs is 1. The fourth-order valence-corrected chi connectivity index (χ4v) is 3.00. The average Bonchev–Trinajstić information content (AvgIpc) is 2.98. The maximum Gasteiger partial charge on any atom is 0.209 e. The van der Waals surface area contributed by atoms with Crippen molar-refractivity contribution < 1.29 is 13.9 Å². The van der Waals surface area contributed by atoms with Gasteiger partial charge in [-0.05, 0) is 41.8 Å². The molecule has 0 amide bonds. The second-order valence-electron chi connectivity index (χ2n) is 5.98. The second kappa shape index (κ2) is 6.09. The highest BCUT2D eigenvalue weighted by Gasteiger charge is 2.16. The first-order chi connectivity index (χ1) is 11.7. The SMILES string of the molecule is Oc1ccc(C2=CCN(Cc3nc4cc(F)ccc4o3)CC2)cc1. The molecule has 24 heavy (non-hydrogen) atoms. The molecule has 3 aromatic rings. The molecule has 4 rings (SSSR count). The van der Waals surface area contributed by atoms with E-state index in [1.165, 1.54) is 17.7 Å². The number of nitrogens with zero attached hydrogens (tertiary/aromatic N) is 2. The molecule has 0 saturated carbocycles. The normalized spacial score (nSPS) is 15.6. The highest BCUT2D eigenvalue weighted by Crippen LogP contribution is 2.25. The summed E-state index contributed by atoms with van der Waals surface area (Å²) in [6, 6.07) is 11.7. The highest BCUT2D eigenvalue weighted by molar-refractivity contribution is 5.72. The first-order valence-electron chi connectivity index (χ1n) is 7.93. The zero-order valence-corrected chi connectivity index (χ0v) is 13.1. The Bertz CT molecular complexity index is 899. The fraction of sp³-hybridized carbons (Fsp3) is 0.211. The van der Waals surface area contributed by atoms with E-state index in [0.717, 1.165) is 25.1 Å². The molecule has 5 heteroatoms. The van der Waals surface area contributed by atoms with Gasteiger partial charge in [0.05, 0.1) is 6.54 Å². The van der Waals surface area contributed by atoms with Crippen molar-refractivity contribution >= 4 is 16.7 Å². The van der Waals surface area contributed by atoms with E-state index in [0.29, 0.717) is 23.5 Å². The standard InChI is InChI=1S/C19H17FN2O2/c20-15-3-6-18-17(11-15)21-19(24-18)12-22-9-7-14(8-10-22)13-1-4-16(23)5-2-13/h1-7,11,23H,8-10,12H2. The molecule has 1 N–H and O–H groups in total. The van der Waals surface area contributed by atoms with E-state index >= 15 is 0 Å². The number of benzene rings is 2. The van der Waals surface area contributed by atoms with E-state index in [2.05, 4.69) is 16.0 Å². The third kappa shape index (κ3) is 3.03. The van der Waals surface area contributed by atoms with Crippen LogP contribution in [0.1, 0.15) is 17.9 Å². The van der Waals surface area contributed by atoms with Crippen molar-refractivity contribution in [3.63, 3.8) is 0 Å². The molecule has 2 heterocycles. The molecule has 0 aliphatic carbocycles. The van der Waals surface area contributed by atoms with Gasteiger partial charge >= 0.3 is 0 Å². The zero-order valence-electron chi connectivity index (χ0n) is 13.1. The zero-order chi connectivity index (χ0) is 16.5. The molecule has 1 aromatic heterocycles. The topological polar surface area (TPSA) is 49.5 Å². The summed E-state index contributed by atoms with van der Waals surface area (Å²) in [4.78, 5) is 6.60. The van der Waals surface area contributed by atoms with Crippen LogP contribution in [0.25, 0.3) is 16.7 Å². The second-order valence-corrected chi connectivity index (χ2v) is 5.98. The van der Waals surface area contributed by atoms with Crippen LogP contribution in [0.2, 0.25) is 0 Å². The number of phenols is 1. The quantitative estimate of drug-likeness (QED) is 0.792. The van der Waals surface area contributed by atoms with E-state index in [1.807, 2.05) is 12.1 Å². The Morgan fingerprint density at radius 2 is 2.00 bits per heavy atom. The summed E-state index contributed by atoms with van der Waals surface area (Å²) < 4.78 is 18.9. The van der Waals surface area contributed by atoms with E-state index in [-0.39, 0.29) is 11.6 Å². The summed E-state index contributed by atoms with van der Waals surface area (Å²) >= 11 is 0. The Labute approximate surface area is 138 Å². The van der Waals surface area contributed by atoms with Crippen LogP contribution in [0, 0.1) is 5.82 Å².